The van der Waals surface area contributed by atoms with E-state index in [0.29, 0.717) is 22.2 Å². The van der Waals surface area contributed by atoms with Crippen LogP contribution in [-0.2, 0) is 14.3 Å². The molecule has 0 radical (unpaired) electrons. The first-order valence-electron chi connectivity index (χ1n) is 9.53. The number of nitriles is 1. The van der Waals surface area contributed by atoms with Gasteiger partial charge >= 0.3 is 0 Å². The number of fused-ring (bicyclic) bond motifs is 6. The van der Waals surface area contributed by atoms with E-state index in [4.69, 9.17) is 4.74 Å². The number of aliphatic hydroxyl groups excluding tert-OH is 2. The van der Waals surface area contributed by atoms with E-state index in [-0.39, 0.29) is 25.4 Å². The molecule has 2 bridgehead atoms. The van der Waals surface area contributed by atoms with Crippen LogP contribution in [0.25, 0.3) is 10.9 Å². The zero-order valence-corrected chi connectivity index (χ0v) is 15.7. The van der Waals surface area contributed by atoms with Crippen molar-refractivity contribution in [1.29, 1.82) is 5.26 Å². The van der Waals surface area contributed by atoms with Gasteiger partial charge in [-0.05, 0) is 31.2 Å². The van der Waals surface area contributed by atoms with Crippen LogP contribution in [0.4, 0.5) is 5.69 Å². The van der Waals surface area contributed by atoms with Crippen molar-refractivity contribution in [3.63, 3.8) is 0 Å². The van der Waals surface area contributed by atoms with Gasteiger partial charge in [0.15, 0.2) is 0 Å². The van der Waals surface area contributed by atoms with Gasteiger partial charge < -0.3 is 14.9 Å². The van der Waals surface area contributed by atoms with Crippen molar-refractivity contribution in [2.75, 3.05) is 11.5 Å². The van der Waals surface area contributed by atoms with Gasteiger partial charge in [0, 0.05) is 31.0 Å². The van der Waals surface area contributed by atoms with Gasteiger partial charge in [-0.2, -0.15) is 5.26 Å². The summed E-state index contributed by atoms with van der Waals surface area (Å²) in [7, 11) is 0. The fourth-order valence-electron chi connectivity index (χ4n) is 5.57. The minimum Gasteiger partial charge on any atom is -0.396 e. The molecule has 3 aliphatic heterocycles. The fourth-order valence-corrected chi connectivity index (χ4v) is 5.57. The number of ether oxygens (including phenoxy) is 1. The smallest absolute Gasteiger partial charge is 0.240 e. The molecule has 3 saturated heterocycles. The predicted molar refractivity (Wildman–Crippen MR) is 100 cm³/mol. The number of imide groups is 1. The summed E-state index contributed by atoms with van der Waals surface area (Å²) in [5.41, 5.74) is -1.10. The first-order valence-corrected chi connectivity index (χ1v) is 9.53. The van der Waals surface area contributed by atoms with E-state index in [1.165, 1.54) is 0 Å². The van der Waals surface area contributed by atoms with Crippen molar-refractivity contribution < 1.29 is 24.5 Å². The molecule has 5 atom stereocenters. The highest BCUT2D eigenvalue weighted by molar-refractivity contribution is 6.26. The zero-order chi connectivity index (χ0) is 20.6. The summed E-state index contributed by atoms with van der Waals surface area (Å²) in [6, 6.07) is 8.61. The van der Waals surface area contributed by atoms with Crippen molar-refractivity contribution in [2.24, 2.45) is 11.8 Å². The Morgan fingerprint density at radius 2 is 2.07 bits per heavy atom. The lowest BCUT2D eigenvalue weighted by molar-refractivity contribution is -0.137. The number of nitrogens with zero attached hydrogens (tertiary/aromatic N) is 3. The van der Waals surface area contributed by atoms with Crippen LogP contribution in [0.3, 0.4) is 0 Å². The van der Waals surface area contributed by atoms with E-state index < -0.39 is 35.0 Å². The lowest BCUT2D eigenvalue weighted by Gasteiger charge is -2.34. The van der Waals surface area contributed by atoms with Crippen molar-refractivity contribution in [3.05, 3.63) is 36.0 Å². The molecule has 0 aliphatic carbocycles. The number of carbonyl (C=O) groups is 2. The van der Waals surface area contributed by atoms with Crippen molar-refractivity contribution in [1.82, 2.24) is 4.98 Å². The van der Waals surface area contributed by atoms with Crippen molar-refractivity contribution in [2.45, 2.75) is 37.1 Å². The van der Waals surface area contributed by atoms with Crippen LogP contribution in [0.15, 0.2) is 30.5 Å². The average molecular weight is 393 g/mol. The van der Waals surface area contributed by atoms with Crippen LogP contribution >= 0.6 is 0 Å². The maximum atomic E-state index is 13.5. The van der Waals surface area contributed by atoms with Crippen LogP contribution in [0.5, 0.6) is 0 Å². The summed E-state index contributed by atoms with van der Waals surface area (Å²) < 4.78 is 6.08. The van der Waals surface area contributed by atoms with Crippen LogP contribution in [0.2, 0.25) is 0 Å². The third-order valence-corrected chi connectivity index (χ3v) is 6.69. The molecular weight excluding hydrogens is 374 g/mol. The van der Waals surface area contributed by atoms with E-state index in [2.05, 4.69) is 11.1 Å². The molecule has 8 heteroatoms. The molecule has 148 valence electrons. The molecule has 2 amide bonds. The predicted octanol–water partition coefficient (Wildman–Crippen LogP) is 0.887. The third-order valence-electron chi connectivity index (χ3n) is 6.69. The number of anilines is 1. The molecule has 0 saturated carbocycles. The summed E-state index contributed by atoms with van der Waals surface area (Å²) in [6.45, 7) is 1.48. The van der Waals surface area contributed by atoms with E-state index in [1.54, 1.807) is 37.4 Å². The van der Waals surface area contributed by atoms with Crippen LogP contribution in [-0.4, -0.2) is 50.9 Å². The Bertz CT molecular complexity index is 1110. The fraction of sp³-hybridized carbons (Fsp3) is 0.429. The molecule has 0 spiro atoms. The van der Waals surface area contributed by atoms with Crippen LogP contribution in [0, 0.1) is 23.2 Å². The SMILES string of the molecule is CC12C[C@@H](O)C(CCO)(O1)[C@H]1C(=O)N(c3ccc(C#N)c4ncccc34)C(=O)[C@H]12. The topological polar surface area (TPSA) is 124 Å². The Morgan fingerprint density at radius 3 is 2.79 bits per heavy atom. The number of carbonyl (C=O) groups excluding carboxylic acids is 2. The second kappa shape index (κ2) is 5.83. The van der Waals surface area contributed by atoms with E-state index in [0.717, 1.165) is 4.90 Å². The van der Waals surface area contributed by atoms with Gasteiger partial charge in [0.25, 0.3) is 0 Å². The molecule has 2 unspecified atom stereocenters. The summed E-state index contributed by atoms with van der Waals surface area (Å²) in [6.07, 6.45) is 0.929. The standard InChI is InChI=1S/C21H19N3O5/c1-20-9-14(26)21(29-20,6-8-25)16-15(20)18(27)24(19(16)28)13-5-4-11(10-22)17-12(13)3-2-7-23-17/h2-5,7,14-16,25-26H,6,8-9H2,1H3/t14-,15+,16-,20?,21?/m1/s1. The lowest BCUT2D eigenvalue weighted by Crippen LogP contribution is -2.51. The third kappa shape index (κ3) is 2.10. The Balaban J connectivity index is 1.68. The second-order valence-electron chi connectivity index (χ2n) is 8.17. The van der Waals surface area contributed by atoms with Crippen molar-refractivity contribution >= 4 is 28.4 Å². The summed E-state index contributed by atoms with van der Waals surface area (Å²) in [5.74, 6) is -2.43. The number of benzene rings is 1. The normalized spacial score (nSPS) is 35.4. The molecule has 2 aromatic rings. The number of hydrogen-bond donors (Lipinski definition) is 2. The molecule has 1 aromatic heterocycles. The van der Waals surface area contributed by atoms with E-state index >= 15 is 0 Å². The second-order valence-corrected chi connectivity index (χ2v) is 8.17. The Labute approximate surface area is 166 Å². The van der Waals surface area contributed by atoms with Gasteiger partial charge in [-0.15, -0.1) is 0 Å². The maximum absolute atomic E-state index is 13.5. The van der Waals surface area contributed by atoms with Crippen LogP contribution < -0.4 is 4.90 Å². The summed E-state index contributed by atoms with van der Waals surface area (Å²) in [5, 5.41) is 30.1. The molecule has 2 N–H and O–H groups in total. The Kier molecular flexibility index (Phi) is 3.65. The quantitative estimate of drug-likeness (QED) is 0.742. The number of rotatable bonds is 3. The van der Waals surface area contributed by atoms with Crippen molar-refractivity contribution in [3.8, 4) is 6.07 Å². The number of pyridine rings is 1. The number of aliphatic hydroxyl groups is 2. The monoisotopic (exact) mass is 393 g/mol. The molecule has 8 nitrogen and oxygen atoms in total. The average Bonchev–Trinajstić information content (AvgIpc) is 3.23. The molecular formula is C21H19N3O5. The minimum absolute atomic E-state index is 0.0768. The summed E-state index contributed by atoms with van der Waals surface area (Å²) >= 11 is 0. The number of hydrogen-bond acceptors (Lipinski definition) is 7. The summed E-state index contributed by atoms with van der Waals surface area (Å²) in [4.78, 5) is 32.3. The highest BCUT2D eigenvalue weighted by Crippen LogP contribution is 2.62. The van der Waals surface area contributed by atoms with Gasteiger partial charge in [0.1, 0.15) is 11.7 Å². The number of aromatic nitrogens is 1. The van der Waals surface area contributed by atoms with Gasteiger partial charge in [-0.1, -0.05) is 0 Å². The molecule has 3 aliphatic rings. The number of amides is 2. The van der Waals surface area contributed by atoms with Crippen LogP contribution in [0.1, 0.15) is 25.3 Å². The Morgan fingerprint density at radius 1 is 1.31 bits per heavy atom. The highest BCUT2D eigenvalue weighted by Gasteiger charge is 2.77. The molecule has 5 rings (SSSR count). The first kappa shape index (κ1) is 18.2. The zero-order valence-electron chi connectivity index (χ0n) is 15.7. The largest absolute Gasteiger partial charge is 0.396 e. The lowest BCUT2D eigenvalue weighted by atomic mass is 9.66. The molecule has 29 heavy (non-hydrogen) atoms. The van der Waals surface area contributed by atoms with Gasteiger partial charge in [-0.3, -0.25) is 14.6 Å². The van der Waals surface area contributed by atoms with Gasteiger partial charge in [0.2, 0.25) is 11.8 Å². The Hall–Kier alpha value is -2.86. The maximum Gasteiger partial charge on any atom is 0.240 e. The first-order chi connectivity index (χ1) is 13.9. The highest BCUT2D eigenvalue weighted by atomic mass is 16.6. The van der Waals surface area contributed by atoms with E-state index in [1.807, 2.05) is 0 Å². The molecule has 4 heterocycles. The molecule has 3 fully saturated rings. The minimum atomic E-state index is -1.27. The van der Waals surface area contributed by atoms with Gasteiger partial charge in [0.05, 0.1) is 40.3 Å². The van der Waals surface area contributed by atoms with Gasteiger partial charge in [-0.25, -0.2) is 4.90 Å². The van der Waals surface area contributed by atoms with E-state index in [9.17, 15) is 25.1 Å². The molecule has 1 aromatic carbocycles.